The summed E-state index contributed by atoms with van der Waals surface area (Å²) in [6, 6.07) is 12.2. The molecule has 3 aromatic rings. The van der Waals surface area contributed by atoms with Gasteiger partial charge in [0.05, 0.1) is 22.4 Å². The molecule has 2 heterocycles. The Hall–Kier alpha value is -1.80. The van der Waals surface area contributed by atoms with Crippen molar-refractivity contribution in [3.05, 3.63) is 69.3 Å². The summed E-state index contributed by atoms with van der Waals surface area (Å²) in [6.07, 6.45) is 1.52. The van der Waals surface area contributed by atoms with Crippen LogP contribution in [0.25, 0.3) is 17.0 Å². The Balaban J connectivity index is 0.00000225. The Morgan fingerprint density at radius 2 is 1.89 bits per heavy atom. The number of fused-ring (bicyclic) bond motifs is 1. The first kappa shape index (κ1) is 20.9. The molecule has 0 radical (unpaired) electrons. The Bertz CT molecular complexity index is 1110. The molecule has 2 N–H and O–H groups in total. The number of aromatic carboxylic acids is 1. The van der Waals surface area contributed by atoms with Gasteiger partial charge in [-0.1, -0.05) is 41.4 Å². The molecule has 0 saturated carbocycles. The first-order valence-corrected chi connectivity index (χ1v) is 8.77. The molecule has 1 fully saturated rings. The first-order valence-electron chi connectivity index (χ1n) is 8.01. The third-order valence-electron chi connectivity index (χ3n) is 4.30. The summed E-state index contributed by atoms with van der Waals surface area (Å²) >= 11 is 12.3. The summed E-state index contributed by atoms with van der Waals surface area (Å²) in [7, 11) is 0. The number of halogens is 2. The number of nitrogens with zero attached hydrogens (tertiary/aromatic N) is 1. The minimum atomic E-state index is -1.40. The van der Waals surface area contributed by atoms with Crippen molar-refractivity contribution in [1.29, 1.82) is 0 Å². The van der Waals surface area contributed by atoms with Crippen molar-refractivity contribution in [3.63, 3.8) is 0 Å². The number of carbonyl (C=O) groups is 2. The predicted molar refractivity (Wildman–Crippen MR) is 103 cm³/mol. The van der Waals surface area contributed by atoms with Gasteiger partial charge >= 0.3 is 29.6 Å². The van der Waals surface area contributed by atoms with Gasteiger partial charge in [-0.05, 0) is 30.3 Å². The number of H-pyrrole nitrogens is 1. The van der Waals surface area contributed by atoms with E-state index in [0.717, 1.165) is 0 Å². The van der Waals surface area contributed by atoms with Crippen molar-refractivity contribution in [2.24, 2.45) is 0 Å². The topological polar surface area (TPSA) is 88.3 Å². The molecule has 1 saturated heterocycles. The van der Waals surface area contributed by atoms with Gasteiger partial charge < -0.3 is 14.9 Å². The van der Waals surface area contributed by atoms with Crippen molar-refractivity contribution < 1.29 is 44.3 Å². The zero-order valence-corrected chi connectivity index (χ0v) is 18.3. The standard InChI is InChI=1S/C19H13Cl2N3O3.Na/c20-11-7-14(21)16-13(17(19(26)27)23-15(16)8-11)6-10-9-22-24(18(10)25)12-4-2-1-3-5-12;/h1-8,22-23H,9H2,(H,26,27);/q;+1/p-1. The fourth-order valence-corrected chi connectivity index (χ4v) is 3.70. The molecular weight excluding hydrogens is 412 g/mol. The monoisotopic (exact) mass is 423 g/mol. The van der Waals surface area contributed by atoms with E-state index in [1.807, 2.05) is 18.2 Å². The van der Waals surface area contributed by atoms with Gasteiger partial charge in [-0.15, -0.1) is 0 Å². The van der Waals surface area contributed by atoms with Crippen molar-refractivity contribution >= 4 is 57.7 Å². The maximum Gasteiger partial charge on any atom is 1.00 e. The van der Waals surface area contributed by atoms with Crippen LogP contribution in [0.4, 0.5) is 5.69 Å². The third-order valence-corrected chi connectivity index (χ3v) is 4.81. The van der Waals surface area contributed by atoms with Crippen LogP contribution in [0.5, 0.6) is 0 Å². The second-order valence-electron chi connectivity index (χ2n) is 5.99. The zero-order valence-electron chi connectivity index (χ0n) is 14.8. The number of carbonyl (C=O) groups excluding carboxylic acids is 2. The van der Waals surface area contributed by atoms with Crippen LogP contribution >= 0.6 is 23.2 Å². The van der Waals surface area contributed by atoms with Gasteiger partial charge in [0, 0.05) is 33.6 Å². The smallest absolute Gasteiger partial charge is 0.543 e. The molecule has 1 aromatic heterocycles. The third kappa shape index (κ3) is 3.72. The van der Waals surface area contributed by atoms with Crippen molar-refractivity contribution in [2.45, 2.75) is 0 Å². The van der Waals surface area contributed by atoms with Crippen molar-refractivity contribution in [3.8, 4) is 0 Å². The Kier molecular flexibility index (Phi) is 6.19. The van der Waals surface area contributed by atoms with E-state index in [-0.39, 0.29) is 58.3 Å². The van der Waals surface area contributed by atoms with E-state index in [9.17, 15) is 14.7 Å². The number of hydrogen-bond donors (Lipinski definition) is 2. The summed E-state index contributed by atoms with van der Waals surface area (Å²) in [5.74, 6) is -1.67. The van der Waals surface area contributed by atoms with Crippen LogP contribution < -0.4 is 45.1 Å². The number of para-hydroxylation sites is 1. The summed E-state index contributed by atoms with van der Waals surface area (Å²) in [4.78, 5) is 27.1. The van der Waals surface area contributed by atoms with Gasteiger partial charge in [-0.25, -0.2) is 10.4 Å². The van der Waals surface area contributed by atoms with Crippen LogP contribution in [0.3, 0.4) is 0 Å². The summed E-state index contributed by atoms with van der Waals surface area (Å²) in [5.41, 5.74) is 4.66. The van der Waals surface area contributed by atoms with Gasteiger partial charge in [-0.2, -0.15) is 0 Å². The van der Waals surface area contributed by atoms with Gasteiger partial charge in [0.1, 0.15) is 0 Å². The average molecular weight is 424 g/mol. The maximum atomic E-state index is 12.8. The number of hydrazine groups is 1. The molecule has 0 unspecified atom stereocenters. The molecule has 6 nitrogen and oxygen atoms in total. The quantitative estimate of drug-likeness (QED) is 0.450. The number of rotatable bonds is 3. The van der Waals surface area contributed by atoms with E-state index in [4.69, 9.17) is 23.2 Å². The molecule has 136 valence electrons. The SMILES string of the molecule is O=C([O-])c1[nH]c2cc(Cl)cc(Cl)c2c1C=C1CNN(c2ccccc2)C1=O.[Na+]. The second kappa shape index (κ2) is 8.29. The van der Waals surface area contributed by atoms with E-state index in [0.29, 0.717) is 27.2 Å². The Morgan fingerprint density at radius 3 is 2.57 bits per heavy atom. The summed E-state index contributed by atoms with van der Waals surface area (Å²) in [5, 5.41) is 14.1. The predicted octanol–water partition coefficient (Wildman–Crippen LogP) is -0.223. The molecule has 1 aliphatic heterocycles. The molecule has 1 aliphatic rings. The maximum absolute atomic E-state index is 12.8. The van der Waals surface area contributed by atoms with Gasteiger partial charge in [0.15, 0.2) is 0 Å². The molecule has 28 heavy (non-hydrogen) atoms. The number of aromatic nitrogens is 1. The molecule has 0 bridgehead atoms. The first-order chi connectivity index (χ1) is 13.0. The number of amides is 1. The van der Waals surface area contributed by atoms with Gasteiger partial charge in [0.25, 0.3) is 5.91 Å². The number of anilines is 1. The van der Waals surface area contributed by atoms with Crippen LogP contribution in [0.2, 0.25) is 10.0 Å². The number of aromatic amines is 1. The second-order valence-corrected chi connectivity index (χ2v) is 6.84. The van der Waals surface area contributed by atoms with E-state index in [1.54, 1.807) is 18.2 Å². The molecule has 0 aliphatic carbocycles. The molecule has 0 spiro atoms. The summed E-state index contributed by atoms with van der Waals surface area (Å²) in [6.45, 7) is 0.248. The van der Waals surface area contributed by atoms with E-state index in [2.05, 4.69) is 10.4 Å². The number of hydrogen-bond acceptors (Lipinski definition) is 4. The number of benzene rings is 2. The van der Waals surface area contributed by atoms with Crippen molar-refractivity contribution in [1.82, 2.24) is 10.4 Å². The van der Waals surface area contributed by atoms with Crippen LogP contribution in [0.1, 0.15) is 16.1 Å². The van der Waals surface area contributed by atoms with Crippen LogP contribution in [0.15, 0.2) is 48.0 Å². The summed E-state index contributed by atoms with van der Waals surface area (Å²) < 4.78 is 0. The van der Waals surface area contributed by atoms with E-state index < -0.39 is 5.97 Å². The fourth-order valence-electron chi connectivity index (χ4n) is 3.11. The number of nitrogens with one attached hydrogen (secondary N) is 2. The van der Waals surface area contributed by atoms with Gasteiger partial charge in [0.2, 0.25) is 0 Å². The van der Waals surface area contributed by atoms with Gasteiger partial charge in [-0.3, -0.25) is 4.79 Å². The largest absolute Gasteiger partial charge is 1.00 e. The normalized spacial score (nSPS) is 15.3. The Morgan fingerprint density at radius 1 is 1.18 bits per heavy atom. The molecular formula is C19H12Cl2N3NaO3. The van der Waals surface area contributed by atoms with Crippen LogP contribution in [-0.2, 0) is 4.79 Å². The van der Waals surface area contributed by atoms with Crippen LogP contribution in [0, 0.1) is 0 Å². The molecule has 0 atom stereocenters. The Labute approximate surface area is 192 Å². The minimum Gasteiger partial charge on any atom is -0.543 e. The van der Waals surface area contributed by atoms with E-state index in [1.165, 1.54) is 17.2 Å². The molecule has 1 amide bonds. The van der Waals surface area contributed by atoms with Crippen molar-refractivity contribution in [2.75, 3.05) is 11.6 Å². The minimum absolute atomic E-state index is 0. The molecule has 4 rings (SSSR count). The molecule has 2 aromatic carbocycles. The zero-order chi connectivity index (χ0) is 19.1. The fraction of sp³-hybridized carbons (Fsp3) is 0.0526. The van der Waals surface area contributed by atoms with E-state index >= 15 is 0 Å². The molecule has 9 heteroatoms. The number of carboxylic acid groups (broad SMARTS) is 1. The van der Waals surface area contributed by atoms with Crippen LogP contribution in [-0.4, -0.2) is 23.4 Å². The number of carboxylic acids is 1. The average Bonchev–Trinajstić information content (AvgIpc) is 3.17.